The van der Waals surface area contributed by atoms with Crippen LogP contribution in [-0.4, -0.2) is 36.5 Å². The third-order valence-corrected chi connectivity index (χ3v) is 2.62. The lowest BCUT2D eigenvalue weighted by Gasteiger charge is -2.10. The largest absolute Gasteiger partial charge is 0.488 e. The summed E-state index contributed by atoms with van der Waals surface area (Å²) >= 11 is 0. The molecule has 1 saturated heterocycles. The average Bonchev–Trinajstić information content (AvgIpc) is 2.79. The summed E-state index contributed by atoms with van der Waals surface area (Å²) in [6, 6.07) is 7.10. The molecule has 0 radical (unpaired) electrons. The molecule has 1 aromatic carbocycles. The molecule has 0 spiro atoms. The minimum Gasteiger partial charge on any atom is -0.423 e. The molecule has 5 heteroatoms. The van der Waals surface area contributed by atoms with E-state index in [2.05, 4.69) is 0 Å². The van der Waals surface area contributed by atoms with Crippen LogP contribution < -0.4 is 5.46 Å². The molecule has 1 aliphatic heterocycles. The van der Waals surface area contributed by atoms with Crippen LogP contribution in [0.2, 0.25) is 0 Å². The van der Waals surface area contributed by atoms with Gasteiger partial charge >= 0.3 is 7.12 Å². The molecule has 16 heavy (non-hydrogen) atoms. The quantitative estimate of drug-likeness (QED) is 0.685. The van der Waals surface area contributed by atoms with E-state index in [9.17, 15) is 0 Å². The monoisotopic (exact) mass is 222 g/mol. The molecule has 1 aliphatic rings. The molecule has 1 aromatic rings. The first-order valence-electron chi connectivity index (χ1n) is 5.40. The van der Waals surface area contributed by atoms with E-state index in [0.29, 0.717) is 18.7 Å². The highest BCUT2D eigenvalue weighted by Gasteiger charge is 2.16. The van der Waals surface area contributed by atoms with Crippen LogP contribution in [-0.2, 0) is 16.1 Å². The number of benzene rings is 1. The molecule has 4 nitrogen and oxygen atoms in total. The number of hydrogen-bond acceptors (Lipinski definition) is 4. The highest BCUT2D eigenvalue weighted by atomic mass is 16.5. The standard InChI is InChI=1S/C11H15BO4/c13-12(14)10-3-1-2-9(6-10)7-16-11-4-5-15-8-11/h1-3,6,11,13-14H,4-5,7-8H2. The molecule has 0 bridgehead atoms. The minimum absolute atomic E-state index is 0.169. The van der Waals surface area contributed by atoms with Crippen molar-refractivity contribution in [2.75, 3.05) is 13.2 Å². The normalized spacial score (nSPS) is 20.0. The maximum atomic E-state index is 9.02. The van der Waals surface area contributed by atoms with Gasteiger partial charge in [0.25, 0.3) is 0 Å². The van der Waals surface area contributed by atoms with E-state index in [1.54, 1.807) is 18.2 Å². The second kappa shape index (κ2) is 5.45. The van der Waals surface area contributed by atoms with Crippen molar-refractivity contribution in [3.8, 4) is 0 Å². The van der Waals surface area contributed by atoms with Gasteiger partial charge < -0.3 is 19.5 Å². The summed E-state index contributed by atoms with van der Waals surface area (Å²) in [7, 11) is -1.42. The van der Waals surface area contributed by atoms with Crippen molar-refractivity contribution in [1.82, 2.24) is 0 Å². The van der Waals surface area contributed by atoms with Gasteiger partial charge in [-0.2, -0.15) is 0 Å². The van der Waals surface area contributed by atoms with Crippen LogP contribution in [0.1, 0.15) is 12.0 Å². The molecule has 1 atom stereocenters. The van der Waals surface area contributed by atoms with E-state index in [1.165, 1.54) is 0 Å². The van der Waals surface area contributed by atoms with Crippen molar-refractivity contribution < 1.29 is 19.5 Å². The zero-order valence-electron chi connectivity index (χ0n) is 9.00. The van der Waals surface area contributed by atoms with Crippen LogP contribution in [0, 0.1) is 0 Å². The molecular weight excluding hydrogens is 207 g/mol. The van der Waals surface area contributed by atoms with Crippen LogP contribution in [0.5, 0.6) is 0 Å². The molecule has 0 aromatic heterocycles. The van der Waals surface area contributed by atoms with E-state index in [-0.39, 0.29) is 6.10 Å². The third kappa shape index (κ3) is 3.06. The summed E-state index contributed by atoms with van der Waals surface area (Å²) < 4.78 is 10.8. The Morgan fingerprint density at radius 3 is 3.00 bits per heavy atom. The molecule has 0 aliphatic carbocycles. The van der Waals surface area contributed by atoms with E-state index in [1.807, 2.05) is 6.07 Å². The molecular formula is C11H15BO4. The van der Waals surface area contributed by atoms with Crippen molar-refractivity contribution in [3.05, 3.63) is 29.8 Å². The Morgan fingerprint density at radius 1 is 1.44 bits per heavy atom. The third-order valence-electron chi connectivity index (χ3n) is 2.62. The van der Waals surface area contributed by atoms with Gasteiger partial charge in [0.05, 0.1) is 19.3 Å². The van der Waals surface area contributed by atoms with Gasteiger partial charge in [-0.15, -0.1) is 0 Å². The van der Waals surface area contributed by atoms with Gasteiger partial charge in [-0.3, -0.25) is 0 Å². The van der Waals surface area contributed by atoms with Gasteiger partial charge in [-0.25, -0.2) is 0 Å². The predicted octanol–water partition coefficient (Wildman–Crippen LogP) is -0.328. The lowest BCUT2D eigenvalue weighted by atomic mass is 9.80. The minimum atomic E-state index is -1.42. The van der Waals surface area contributed by atoms with Crippen molar-refractivity contribution in [2.24, 2.45) is 0 Å². The van der Waals surface area contributed by atoms with Gasteiger partial charge in [-0.05, 0) is 17.4 Å². The zero-order chi connectivity index (χ0) is 11.4. The SMILES string of the molecule is OB(O)c1cccc(COC2CCOC2)c1. The van der Waals surface area contributed by atoms with Crippen LogP contribution in [0.4, 0.5) is 0 Å². The Hall–Kier alpha value is -0.875. The number of ether oxygens (including phenoxy) is 2. The van der Waals surface area contributed by atoms with Crippen LogP contribution in [0.25, 0.3) is 0 Å². The molecule has 2 rings (SSSR count). The number of hydrogen-bond donors (Lipinski definition) is 2. The maximum Gasteiger partial charge on any atom is 0.488 e. The van der Waals surface area contributed by atoms with E-state index < -0.39 is 7.12 Å². The van der Waals surface area contributed by atoms with Crippen molar-refractivity contribution in [2.45, 2.75) is 19.1 Å². The Labute approximate surface area is 95.0 Å². The summed E-state index contributed by atoms with van der Waals surface area (Å²) in [5, 5.41) is 18.0. The number of rotatable bonds is 4. The van der Waals surface area contributed by atoms with Crippen LogP contribution in [0.15, 0.2) is 24.3 Å². The first-order valence-corrected chi connectivity index (χ1v) is 5.40. The summed E-state index contributed by atoms with van der Waals surface area (Å²) in [5.41, 5.74) is 1.43. The second-order valence-electron chi connectivity index (χ2n) is 3.92. The Kier molecular flexibility index (Phi) is 3.95. The average molecular weight is 222 g/mol. The fourth-order valence-electron chi connectivity index (χ4n) is 1.70. The van der Waals surface area contributed by atoms with E-state index >= 15 is 0 Å². The molecule has 86 valence electrons. The topological polar surface area (TPSA) is 58.9 Å². The lowest BCUT2D eigenvalue weighted by molar-refractivity contribution is 0.0318. The van der Waals surface area contributed by atoms with Gasteiger partial charge in [0.15, 0.2) is 0 Å². The Balaban J connectivity index is 1.90. The van der Waals surface area contributed by atoms with Crippen LogP contribution in [0.3, 0.4) is 0 Å². The maximum absolute atomic E-state index is 9.02. The molecule has 1 unspecified atom stereocenters. The zero-order valence-corrected chi connectivity index (χ0v) is 9.00. The Bertz CT molecular complexity index is 337. The van der Waals surface area contributed by atoms with Gasteiger partial charge in [0, 0.05) is 6.61 Å². The lowest BCUT2D eigenvalue weighted by Crippen LogP contribution is -2.30. The predicted molar refractivity (Wildman–Crippen MR) is 60.3 cm³/mol. The molecule has 0 amide bonds. The summed E-state index contributed by atoms with van der Waals surface area (Å²) in [5.74, 6) is 0. The fraction of sp³-hybridized carbons (Fsp3) is 0.455. The molecule has 2 N–H and O–H groups in total. The van der Waals surface area contributed by atoms with Crippen LogP contribution >= 0.6 is 0 Å². The molecule has 0 saturated carbocycles. The Morgan fingerprint density at radius 2 is 2.31 bits per heavy atom. The highest BCUT2D eigenvalue weighted by molar-refractivity contribution is 6.58. The first kappa shape index (κ1) is 11.6. The van der Waals surface area contributed by atoms with Gasteiger partial charge in [-0.1, -0.05) is 24.3 Å². The van der Waals surface area contributed by atoms with E-state index in [4.69, 9.17) is 19.5 Å². The fourth-order valence-corrected chi connectivity index (χ4v) is 1.70. The summed E-state index contributed by atoms with van der Waals surface area (Å²) in [6.07, 6.45) is 1.10. The van der Waals surface area contributed by atoms with Crippen molar-refractivity contribution >= 4 is 12.6 Å². The molecule has 1 fully saturated rings. The van der Waals surface area contributed by atoms with Gasteiger partial charge in [0.2, 0.25) is 0 Å². The second-order valence-corrected chi connectivity index (χ2v) is 3.92. The molecule has 1 heterocycles. The first-order chi connectivity index (χ1) is 7.75. The van der Waals surface area contributed by atoms with Crippen molar-refractivity contribution in [3.63, 3.8) is 0 Å². The summed E-state index contributed by atoms with van der Waals surface area (Å²) in [6.45, 7) is 1.90. The summed E-state index contributed by atoms with van der Waals surface area (Å²) in [4.78, 5) is 0. The highest BCUT2D eigenvalue weighted by Crippen LogP contribution is 2.10. The smallest absolute Gasteiger partial charge is 0.423 e. The van der Waals surface area contributed by atoms with Gasteiger partial charge in [0.1, 0.15) is 0 Å². The van der Waals surface area contributed by atoms with E-state index in [0.717, 1.165) is 18.6 Å². The van der Waals surface area contributed by atoms with Crippen molar-refractivity contribution in [1.29, 1.82) is 0 Å².